The molecule has 0 aliphatic heterocycles. The van der Waals surface area contributed by atoms with E-state index < -0.39 is 0 Å². The van der Waals surface area contributed by atoms with Crippen LogP contribution in [-0.2, 0) is 0 Å². The van der Waals surface area contributed by atoms with E-state index in [1.807, 2.05) is 13.8 Å². The van der Waals surface area contributed by atoms with Gasteiger partial charge in [-0.3, -0.25) is 4.79 Å². The van der Waals surface area contributed by atoms with Gasteiger partial charge in [0.05, 0.1) is 12.8 Å². The molecule has 1 heterocycles. The van der Waals surface area contributed by atoms with Crippen LogP contribution in [0.25, 0.3) is 0 Å². The Balaban J connectivity index is 2.63. The van der Waals surface area contributed by atoms with Crippen molar-refractivity contribution in [1.29, 1.82) is 0 Å². The standard InChI is InChI=1S/C11H15NO2/c1-3-7-14-9-5-6-10(12-8-9)11(13)4-2/h5-6,8H,3-4,7H2,1-2H3. The lowest BCUT2D eigenvalue weighted by atomic mass is 10.2. The normalized spacial score (nSPS) is 9.86. The quantitative estimate of drug-likeness (QED) is 0.674. The number of ether oxygens (including phenoxy) is 1. The van der Waals surface area contributed by atoms with Gasteiger partial charge < -0.3 is 4.74 Å². The third-order valence-electron chi connectivity index (χ3n) is 1.82. The summed E-state index contributed by atoms with van der Waals surface area (Å²) in [5.41, 5.74) is 0.511. The third-order valence-corrected chi connectivity index (χ3v) is 1.82. The summed E-state index contributed by atoms with van der Waals surface area (Å²) in [6.45, 7) is 4.55. The minimum atomic E-state index is 0.0621. The van der Waals surface area contributed by atoms with Gasteiger partial charge >= 0.3 is 0 Å². The first-order valence-electron chi connectivity index (χ1n) is 4.90. The van der Waals surface area contributed by atoms with Crippen LogP contribution in [0.4, 0.5) is 0 Å². The van der Waals surface area contributed by atoms with Crippen molar-refractivity contribution < 1.29 is 9.53 Å². The van der Waals surface area contributed by atoms with Crippen LogP contribution in [0.5, 0.6) is 5.75 Å². The lowest BCUT2D eigenvalue weighted by molar-refractivity contribution is 0.0983. The number of hydrogen-bond donors (Lipinski definition) is 0. The summed E-state index contributed by atoms with van der Waals surface area (Å²) < 4.78 is 5.35. The zero-order chi connectivity index (χ0) is 10.4. The molecule has 0 bridgehead atoms. The molecule has 0 aliphatic carbocycles. The number of hydrogen-bond acceptors (Lipinski definition) is 3. The second-order valence-electron chi connectivity index (χ2n) is 3.00. The molecule has 0 aliphatic rings. The molecule has 0 spiro atoms. The highest BCUT2D eigenvalue weighted by Crippen LogP contribution is 2.10. The number of ketones is 1. The zero-order valence-electron chi connectivity index (χ0n) is 8.62. The van der Waals surface area contributed by atoms with Crippen molar-refractivity contribution in [2.75, 3.05) is 6.61 Å². The number of carbonyl (C=O) groups excluding carboxylic acids is 1. The minimum Gasteiger partial charge on any atom is -0.492 e. The van der Waals surface area contributed by atoms with Gasteiger partial charge in [0, 0.05) is 6.42 Å². The van der Waals surface area contributed by atoms with Gasteiger partial charge in [-0.15, -0.1) is 0 Å². The van der Waals surface area contributed by atoms with E-state index in [1.165, 1.54) is 0 Å². The van der Waals surface area contributed by atoms with Crippen molar-refractivity contribution in [3.05, 3.63) is 24.0 Å². The Morgan fingerprint density at radius 1 is 1.43 bits per heavy atom. The predicted octanol–water partition coefficient (Wildman–Crippen LogP) is 2.46. The Morgan fingerprint density at radius 3 is 2.71 bits per heavy atom. The Hall–Kier alpha value is -1.38. The van der Waals surface area contributed by atoms with Gasteiger partial charge in [-0.2, -0.15) is 0 Å². The summed E-state index contributed by atoms with van der Waals surface area (Å²) in [4.78, 5) is 15.3. The fourth-order valence-corrected chi connectivity index (χ4v) is 1.03. The topological polar surface area (TPSA) is 39.2 Å². The maximum atomic E-state index is 11.2. The molecule has 0 saturated heterocycles. The smallest absolute Gasteiger partial charge is 0.180 e. The number of aromatic nitrogens is 1. The van der Waals surface area contributed by atoms with Gasteiger partial charge in [-0.25, -0.2) is 4.98 Å². The molecule has 0 aromatic carbocycles. The van der Waals surface area contributed by atoms with Crippen molar-refractivity contribution in [2.45, 2.75) is 26.7 Å². The predicted molar refractivity (Wildman–Crippen MR) is 54.6 cm³/mol. The maximum absolute atomic E-state index is 11.2. The molecule has 0 radical (unpaired) electrons. The number of nitrogens with zero attached hydrogens (tertiary/aromatic N) is 1. The maximum Gasteiger partial charge on any atom is 0.180 e. The monoisotopic (exact) mass is 193 g/mol. The fourth-order valence-electron chi connectivity index (χ4n) is 1.03. The van der Waals surface area contributed by atoms with Gasteiger partial charge in [0.25, 0.3) is 0 Å². The zero-order valence-corrected chi connectivity index (χ0v) is 8.62. The first kappa shape index (κ1) is 10.7. The molecule has 14 heavy (non-hydrogen) atoms. The van der Waals surface area contributed by atoms with Gasteiger partial charge in [0.2, 0.25) is 0 Å². The second-order valence-corrected chi connectivity index (χ2v) is 3.00. The molecule has 1 aromatic heterocycles. The number of pyridine rings is 1. The average molecular weight is 193 g/mol. The van der Waals surface area contributed by atoms with E-state index in [4.69, 9.17) is 4.74 Å². The molecule has 3 heteroatoms. The summed E-state index contributed by atoms with van der Waals surface area (Å²) in [6, 6.07) is 3.49. The van der Waals surface area contributed by atoms with Gasteiger partial charge in [0.1, 0.15) is 11.4 Å². The number of carbonyl (C=O) groups is 1. The third kappa shape index (κ3) is 2.83. The largest absolute Gasteiger partial charge is 0.492 e. The first-order chi connectivity index (χ1) is 6.77. The highest BCUT2D eigenvalue weighted by atomic mass is 16.5. The highest BCUT2D eigenvalue weighted by molar-refractivity contribution is 5.93. The molecule has 0 atom stereocenters. The van der Waals surface area contributed by atoms with Gasteiger partial charge in [-0.1, -0.05) is 13.8 Å². The van der Waals surface area contributed by atoms with Crippen LogP contribution in [0.2, 0.25) is 0 Å². The lowest BCUT2D eigenvalue weighted by Crippen LogP contribution is -2.01. The van der Waals surface area contributed by atoms with E-state index >= 15 is 0 Å². The van der Waals surface area contributed by atoms with Crippen LogP contribution in [0, 0.1) is 0 Å². The molecular weight excluding hydrogens is 178 g/mol. The molecule has 0 N–H and O–H groups in total. The molecular formula is C11H15NO2. The fraction of sp³-hybridized carbons (Fsp3) is 0.455. The van der Waals surface area contributed by atoms with E-state index in [2.05, 4.69) is 4.98 Å². The summed E-state index contributed by atoms with van der Waals surface area (Å²) in [6.07, 6.45) is 3.05. The van der Waals surface area contributed by atoms with Crippen molar-refractivity contribution in [2.24, 2.45) is 0 Å². The number of rotatable bonds is 5. The van der Waals surface area contributed by atoms with E-state index in [1.54, 1.807) is 18.3 Å². The molecule has 3 nitrogen and oxygen atoms in total. The van der Waals surface area contributed by atoms with Gasteiger partial charge in [0.15, 0.2) is 5.78 Å². The van der Waals surface area contributed by atoms with Crippen LogP contribution in [-0.4, -0.2) is 17.4 Å². The Morgan fingerprint density at radius 2 is 2.21 bits per heavy atom. The molecule has 0 amide bonds. The Kier molecular flexibility index (Phi) is 4.11. The molecule has 1 rings (SSSR count). The molecule has 0 unspecified atom stereocenters. The highest BCUT2D eigenvalue weighted by Gasteiger charge is 2.03. The van der Waals surface area contributed by atoms with Crippen molar-refractivity contribution in [1.82, 2.24) is 4.98 Å². The van der Waals surface area contributed by atoms with E-state index in [9.17, 15) is 4.79 Å². The first-order valence-corrected chi connectivity index (χ1v) is 4.90. The lowest BCUT2D eigenvalue weighted by Gasteiger charge is -2.03. The van der Waals surface area contributed by atoms with Crippen LogP contribution >= 0.6 is 0 Å². The van der Waals surface area contributed by atoms with Crippen molar-refractivity contribution in [3.63, 3.8) is 0 Å². The average Bonchev–Trinajstić information content (AvgIpc) is 2.26. The van der Waals surface area contributed by atoms with E-state index in [-0.39, 0.29) is 5.78 Å². The summed E-state index contributed by atoms with van der Waals surface area (Å²) in [7, 11) is 0. The van der Waals surface area contributed by atoms with Crippen LogP contribution in [0.1, 0.15) is 37.2 Å². The van der Waals surface area contributed by atoms with E-state index in [0.29, 0.717) is 18.7 Å². The Bertz CT molecular complexity index is 293. The van der Waals surface area contributed by atoms with Crippen LogP contribution in [0.3, 0.4) is 0 Å². The molecule has 0 fully saturated rings. The number of Topliss-reactive ketones (excluding diaryl/α,β-unsaturated/α-hetero) is 1. The molecule has 0 saturated carbocycles. The summed E-state index contributed by atoms with van der Waals surface area (Å²) in [5.74, 6) is 0.784. The minimum absolute atomic E-state index is 0.0621. The van der Waals surface area contributed by atoms with Crippen molar-refractivity contribution >= 4 is 5.78 Å². The summed E-state index contributed by atoms with van der Waals surface area (Å²) in [5, 5.41) is 0. The SMILES string of the molecule is CCCOc1ccc(C(=O)CC)nc1. The summed E-state index contributed by atoms with van der Waals surface area (Å²) >= 11 is 0. The van der Waals surface area contributed by atoms with Crippen LogP contribution < -0.4 is 4.74 Å². The van der Waals surface area contributed by atoms with Gasteiger partial charge in [-0.05, 0) is 18.6 Å². The Labute approximate surface area is 84.1 Å². The second kappa shape index (κ2) is 5.37. The molecule has 1 aromatic rings. The van der Waals surface area contributed by atoms with E-state index in [0.717, 1.165) is 12.2 Å². The molecule has 76 valence electrons. The van der Waals surface area contributed by atoms with Crippen molar-refractivity contribution in [3.8, 4) is 5.75 Å². The van der Waals surface area contributed by atoms with Crippen LogP contribution in [0.15, 0.2) is 18.3 Å².